The smallest absolute Gasteiger partial charge is 0.226 e. The molecule has 0 unspecified atom stereocenters. The minimum atomic E-state index is 0.0666. The van der Waals surface area contributed by atoms with E-state index >= 15 is 0 Å². The monoisotopic (exact) mass is 364 g/mol. The molecule has 0 saturated heterocycles. The van der Waals surface area contributed by atoms with Crippen LogP contribution in [0.1, 0.15) is 24.1 Å². The molecule has 128 valence electrons. The average Bonchev–Trinajstić information content (AvgIpc) is 3.29. The van der Waals surface area contributed by atoms with Crippen molar-refractivity contribution in [1.29, 1.82) is 0 Å². The van der Waals surface area contributed by atoms with E-state index in [1.807, 2.05) is 23.6 Å². The Morgan fingerprint density at radius 2 is 2.00 bits per heavy atom. The Kier molecular flexibility index (Phi) is 5.63. The van der Waals surface area contributed by atoms with Crippen LogP contribution in [0.4, 0.5) is 0 Å². The summed E-state index contributed by atoms with van der Waals surface area (Å²) in [7, 11) is 3.29. The molecule has 1 aliphatic rings. The number of nitrogens with one attached hydrogen (secondary N) is 1. The number of thiazole rings is 1. The van der Waals surface area contributed by atoms with Crippen molar-refractivity contribution in [1.82, 2.24) is 10.3 Å². The zero-order valence-electron chi connectivity index (χ0n) is 13.7. The van der Waals surface area contributed by atoms with Crippen molar-refractivity contribution in [3.8, 4) is 11.5 Å². The van der Waals surface area contributed by atoms with Gasteiger partial charge in [-0.2, -0.15) is 0 Å². The number of benzene rings is 1. The first-order valence-electron chi connectivity index (χ1n) is 7.75. The molecule has 0 radical (unpaired) electrons. The van der Waals surface area contributed by atoms with Crippen molar-refractivity contribution in [3.05, 3.63) is 34.8 Å². The molecule has 24 heavy (non-hydrogen) atoms. The molecule has 1 aromatic heterocycles. The summed E-state index contributed by atoms with van der Waals surface area (Å²) in [5, 5.41) is 4.95. The molecule has 2 aromatic rings. The van der Waals surface area contributed by atoms with E-state index in [0.717, 1.165) is 45.7 Å². The number of carbonyl (C=O) groups is 1. The van der Waals surface area contributed by atoms with Crippen molar-refractivity contribution in [2.75, 3.05) is 14.2 Å². The Morgan fingerprint density at radius 1 is 1.29 bits per heavy atom. The number of amides is 1. The van der Waals surface area contributed by atoms with Gasteiger partial charge in [0.05, 0.1) is 26.3 Å². The molecule has 1 amide bonds. The maximum absolute atomic E-state index is 11.8. The Balaban J connectivity index is 1.55. The van der Waals surface area contributed by atoms with Crippen LogP contribution in [0, 0.1) is 0 Å². The highest BCUT2D eigenvalue weighted by Crippen LogP contribution is 2.30. The first-order valence-corrected chi connectivity index (χ1v) is 9.61. The Morgan fingerprint density at radius 3 is 2.62 bits per heavy atom. The number of thioether (sulfide) groups is 1. The molecule has 0 spiro atoms. The summed E-state index contributed by atoms with van der Waals surface area (Å²) in [6, 6.07) is 6.24. The molecule has 7 heteroatoms. The van der Waals surface area contributed by atoms with Crippen molar-refractivity contribution >= 4 is 29.0 Å². The second kappa shape index (κ2) is 7.90. The molecule has 1 saturated carbocycles. The summed E-state index contributed by atoms with van der Waals surface area (Å²) in [6.07, 6.45) is 2.57. The van der Waals surface area contributed by atoms with E-state index in [1.165, 1.54) is 0 Å². The van der Waals surface area contributed by atoms with Gasteiger partial charge in [-0.25, -0.2) is 4.98 Å². The molecule has 0 aliphatic heterocycles. The second-order valence-corrected chi connectivity index (χ2v) is 7.71. The molecule has 1 aliphatic carbocycles. The van der Waals surface area contributed by atoms with Crippen molar-refractivity contribution < 1.29 is 14.3 Å². The Labute approximate surface area is 149 Å². The summed E-state index contributed by atoms with van der Waals surface area (Å²) < 4.78 is 11.5. The molecular weight excluding hydrogens is 344 g/mol. The van der Waals surface area contributed by atoms with Gasteiger partial charge in [-0.15, -0.1) is 11.3 Å². The Bertz CT molecular complexity index is 691. The van der Waals surface area contributed by atoms with E-state index in [1.54, 1.807) is 37.3 Å². The standard InChI is InChI=1S/C17H20N2O3S2/c1-21-14-5-11(6-15(8-14)22-2)9-23-17-19-13(10-24-17)7-16(20)18-12-3-4-12/h5-6,8,10,12H,3-4,7,9H2,1-2H3,(H,18,20). The van der Waals surface area contributed by atoms with Gasteiger partial charge in [-0.05, 0) is 30.5 Å². The molecule has 0 atom stereocenters. The second-order valence-electron chi connectivity index (χ2n) is 5.63. The van der Waals surface area contributed by atoms with Gasteiger partial charge in [0.25, 0.3) is 0 Å². The molecule has 0 bridgehead atoms. The molecule has 1 heterocycles. The summed E-state index contributed by atoms with van der Waals surface area (Å²) in [4.78, 5) is 16.3. The lowest BCUT2D eigenvalue weighted by Crippen LogP contribution is -2.27. The molecule has 1 fully saturated rings. The first kappa shape index (κ1) is 17.1. The van der Waals surface area contributed by atoms with Crippen LogP contribution in [0.25, 0.3) is 0 Å². The van der Waals surface area contributed by atoms with Crippen LogP contribution in [-0.4, -0.2) is 31.2 Å². The number of methoxy groups -OCH3 is 2. The van der Waals surface area contributed by atoms with Gasteiger partial charge in [0.15, 0.2) is 0 Å². The first-order chi connectivity index (χ1) is 11.7. The van der Waals surface area contributed by atoms with Crippen LogP contribution >= 0.6 is 23.1 Å². The van der Waals surface area contributed by atoms with Gasteiger partial charge in [0, 0.05) is 23.2 Å². The lowest BCUT2D eigenvalue weighted by atomic mass is 10.2. The van der Waals surface area contributed by atoms with Gasteiger partial charge in [0.1, 0.15) is 15.8 Å². The third-order valence-electron chi connectivity index (χ3n) is 3.59. The van der Waals surface area contributed by atoms with Crippen molar-refractivity contribution in [2.24, 2.45) is 0 Å². The fourth-order valence-electron chi connectivity index (χ4n) is 2.20. The molecule has 1 aromatic carbocycles. The van der Waals surface area contributed by atoms with Crippen LogP contribution in [0.2, 0.25) is 0 Å². The lowest BCUT2D eigenvalue weighted by molar-refractivity contribution is -0.120. The normalized spacial score (nSPS) is 13.6. The van der Waals surface area contributed by atoms with E-state index in [0.29, 0.717) is 12.5 Å². The van der Waals surface area contributed by atoms with E-state index in [4.69, 9.17) is 9.47 Å². The molecular formula is C17H20N2O3S2. The van der Waals surface area contributed by atoms with E-state index < -0.39 is 0 Å². The van der Waals surface area contributed by atoms with Crippen molar-refractivity contribution in [3.63, 3.8) is 0 Å². The number of rotatable bonds is 8. The van der Waals surface area contributed by atoms with Crippen LogP contribution in [0.3, 0.4) is 0 Å². The average molecular weight is 364 g/mol. The van der Waals surface area contributed by atoms with E-state index in [9.17, 15) is 4.79 Å². The van der Waals surface area contributed by atoms with Gasteiger partial charge in [0.2, 0.25) is 5.91 Å². The highest BCUT2D eigenvalue weighted by atomic mass is 32.2. The quantitative estimate of drug-likeness (QED) is 0.729. The van der Waals surface area contributed by atoms with Crippen LogP contribution < -0.4 is 14.8 Å². The molecule has 3 rings (SSSR count). The highest BCUT2D eigenvalue weighted by molar-refractivity contribution is 8.00. The molecule has 1 N–H and O–H groups in total. The lowest BCUT2D eigenvalue weighted by Gasteiger charge is -2.07. The number of aromatic nitrogens is 1. The zero-order chi connectivity index (χ0) is 16.9. The number of hydrogen-bond donors (Lipinski definition) is 1. The number of hydrogen-bond acceptors (Lipinski definition) is 6. The van der Waals surface area contributed by atoms with Gasteiger partial charge in [-0.3, -0.25) is 4.79 Å². The number of carbonyl (C=O) groups excluding carboxylic acids is 1. The van der Waals surface area contributed by atoms with Gasteiger partial charge >= 0.3 is 0 Å². The largest absolute Gasteiger partial charge is 0.497 e. The summed E-state index contributed by atoms with van der Waals surface area (Å²) in [5.41, 5.74) is 1.95. The summed E-state index contributed by atoms with van der Waals surface area (Å²) >= 11 is 3.23. The predicted molar refractivity (Wildman–Crippen MR) is 96.1 cm³/mol. The summed E-state index contributed by atoms with van der Waals surface area (Å²) in [5.74, 6) is 2.40. The third-order valence-corrected chi connectivity index (χ3v) is 5.73. The fraction of sp³-hybridized carbons (Fsp3) is 0.412. The minimum Gasteiger partial charge on any atom is -0.497 e. The maximum Gasteiger partial charge on any atom is 0.226 e. The van der Waals surface area contributed by atoms with E-state index in [-0.39, 0.29) is 5.91 Å². The Hall–Kier alpha value is -1.73. The van der Waals surface area contributed by atoms with Crippen LogP contribution in [-0.2, 0) is 17.0 Å². The van der Waals surface area contributed by atoms with Gasteiger partial charge < -0.3 is 14.8 Å². The summed E-state index contributed by atoms with van der Waals surface area (Å²) in [6.45, 7) is 0. The number of nitrogens with zero attached hydrogens (tertiary/aromatic N) is 1. The van der Waals surface area contributed by atoms with Crippen LogP contribution in [0.5, 0.6) is 11.5 Å². The highest BCUT2D eigenvalue weighted by Gasteiger charge is 2.23. The SMILES string of the molecule is COc1cc(CSc2nc(CC(=O)NC3CC3)cs2)cc(OC)c1. The van der Waals surface area contributed by atoms with Gasteiger partial charge in [-0.1, -0.05) is 11.8 Å². The predicted octanol–water partition coefficient (Wildman–Crippen LogP) is 3.27. The van der Waals surface area contributed by atoms with E-state index in [2.05, 4.69) is 10.3 Å². The third kappa shape index (κ3) is 4.88. The topological polar surface area (TPSA) is 60.5 Å². The molecule has 5 nitrogen and oxygen atoms in total. The number of ether oxygens (including phenoxy) is 2. The van der Waals surface area contributed by atoms with Crippen molar-refractivity contribution in [2.45, 2.75) is 35.4 Å². The minimum absolute atomic E-state index is 0.0666. The zero-order valence-corrected chi connectivity index (χ0v) is 15.3. The van der Waals surface area contributed by atoms with Crippen LogP contribution in [0.15, 0.2) is 27.9 Å². The fourth-order valence-corrected chi connectivity index (χ4v) is 3.98. The maximum atomic E-state index is 11.8.